The zero-order valence-corrected chi connectivity index (χ0v) is 14.1. The third kappa shape index (κ3) is 4.34. The number of benzene rings is 1. The van der Waals surface area contributed by atoms with Crippen molar-refractivity contribution in [1.82, 2.24) is 4.98 Å². The van der Waals surface area contributed by atoms with Crippen molar-refractivity contribution in [2.45, 2.75) is 64.4 Å². The van der Waals surface area contributed by atoms with Gasteiger partial charge in [0.15, 0.2) is 0 Å². The van der Waals surface area contributed by atoms with Gasteiger partial charge in [0.1, 0.15) is 5.75 Å². The van der Waals surface area contributed by atoms with Gasteiger partial charge in [-0.05, 0) is 62.3 Å². The Balaban J connectivity index is 1.71. The zero-order valence-electron chi connectivity index (χ0n) is 14.1. The molecule has 0 radical (unpaired) electrons. The van der Waals surface area contributed by atoms with Crippen molar-refractivity contribution in [2.75, 3.05) is 0 Å². The van der Waals surface area contributed by atoms with Gasteiger partial charge in [-0.25, -0.2) is 0 Å². The van der Waals surface area contributed by atoms with Gasteiger partial charge in [-0.3, -0.25) is 4.98 Å². The second-order valence-electron chi connectivity index (χ2n) is 6.50. The van der Waals surface area contributed by atoms with Crippen LogP contribution in [0, 0.1) is 0 Å². The average Bonchev–Trinajstić information content (AvgIpc) is 2.62. The van der Waals surface area contributed by atoms with E-state index in [1.165, 1.54) is 61.8 Å². The molecule has 0 aliphatic heterocycles. The van der Waals surface area contributed by atoms with Crippen LogP contribution in [0.2, 0.25) is 0 Å². The van der Waals surface area contributed by atoms with Crippen LogP contribution in [0.5, 0.6) is 5.75 Å². The fourth-order valence-corrected chi connectivity index (χ4v) is 3.33. The summed E-state index contributed by atoms with van der Waals surface area (Å²) in [6.07, 6.45) is 12.1. The van der Waals surface area contributed by atoms with Crippen LogP contribution >= 0.6 is 0 Å². The number of nitrogens with zero attached hydrogens (tertiary/aromatic N) is 1. The second kappa shape index (κ2) is 8.14. The normalized spacial score (nSPS) is 15.5. The third-order valence-corrected chi connectivity index (χ3v) is 4.68. The van der Waals surface area contributed by atoms with E-state index in [-0.39, 0.29) is 0 Å². The zero-order chi connectivity index (χ0) is 15.9. The summed E-state index contributed by atoms with van der Waals surface area (Å²) < 4.78 is 6.13. The number of ether oxygens (including phenoxy) is 1. The summed E-state index contributed by atoms with van der Waals surface area (Å²) in [6, 6.07) is 12.8. The molecule has 23 heavy (non-hydrogen) atoms. The maximum Gasteiger partial charge on any atom is 0.119 e. The van der Waals surface area contributed by atoms with Crippen LogP contribution in [-0.4, -0.2) is 11.1 Å². The molecule has 0 bridgehead atoms. The summed E-state index contributed by atoms with van der Waals surface area (Å²) in [5.41, 5.74) is 3.70. The number of hydrogen-bond donors (Lipinski definition) is 0. The van der Waals surface area contributed by atoms with E-state index in [4.69, 9.17) is 4.74 Å². The maximum absolute atomic E-state index is 6.13. The molecule has 0 amide bonds. The van der Waals surface area contributed by atoms with E-state index in [0.29, 0.717) is 6.10 Å². The largest absolute Gasteiger partial charge is 0.490 e. The molecule has 0 unspecified atom stereocenters. The Hall–Kier alpha value is -1.83. The first kappa shape index (κ1) is 16.0. The Morgan fingerprint density at radius 3 is 2.57 bits per heavy atom. The molecule has 3 rings (SSSR count). The van der Waals surface area contributed by atoms with Gasteiger partial charge in [0.05, 0.1) is 6.10 Å². The molecule has 0 spiro atoms. The van der Waals surface area contributed by atoms with Gasteiger partial charge < -0.3 is 4.74 Å². The third-order valence-electron chi connectivity index (χ3n) is 4.68. The summed E-state index contributed by atoms with van der Waals surface area (Å²) in [4.78, 5) is 4.58. The molecule has 1 aromatic carbocycles. The topological polar surface area (TPSA) is 22.1 Å². The molecule has 1 heterocycles. The molecule has 1 aromatic heterocycles. The predicted molar refractivity (Wildman–Crippen MR) is 95.8 cm³/mol. The molecule has 2 heteroatoms. The van der Waals surface area contributed by atoms with Crippen molar-refractivity contribution in [3.05, 3.63) is 48.3 Å². The van der Waals surface area contributed by atoms with Gasteiger partial charge in [0, 0.05) is 17.5 Å². The van der Waals surface area contributed by atoms with Gasteiger partial charge >= 0.3 is 0 Å². The molecule has 0 atom stereocenters. The van der Waals surface area contributed by atoms with Crippen molar-refractivity contribution in [2.24, 2.45) is 0 Å². The first-order chi connectivity index (χ1) is 11.4. The van der Waals surface area contributed by atoms with Gasteiger partial charge in [-0.15, -0.1) is 0 Å². The van der Waals surface area contributed by atoms with Crippen LogP contribution in [0.25, 0.3) is 11.1 Å². The Labute approximate surface area is 139 Å². The number of unbranched alkanes of at least 4 members (excludes halogenated alkanes) is 1. The lowest BCUT2D eigenvalue weighted by molar-refractivity contribution is 0.155. The van der Waals surface area contributed by atoms with Crippen molar-refractivity contribution in [3.8, 4) is 16.9 Å². The fourth-order valence-electron chi connectivity index (χ4n) is 3.33. The standard InChI is InChI=1S/C21H27NO/c1-2-3-11-21-20(10-7-16-22-21)17-12-14-19(15-13-17)23-18-8-5-4-6-9-18/h7,10,12-16,18H,2-6,8-9,11H2,1H3. The minimum atomic E-state index is 0.410. The molecule has 1 saturated carbocycles. The smallest absolute Gasteiger partial charge is 0.119 e. The monoisotopic (exact) mass is 309 g/mol. The lowest BCUT2D eigenvalue weighted by Crippen LogP contribution is -2.19. The van der Waals surface area contributed by atoms with E-state index in [9.17, 15) is 0 Å². The van der Waals surface area contributed by atoms with E-state index >= 15 is 0 Å². The summed E-state index contributed by atoms with van der Waals surface area (Å²) in [6.45, 7) is 2.22. The summed E-state index contributed by atoms with van der Waals surface area (Å²) in [7, 11) is 0. The van der Waals surface area contributed by atoms with Gasteiger partial charge in [0.2, 0.25) is 0 Å². The van der Waals surface area contributed by atoms with Crippen LogP contribution in [0.4, 0.5) is 0 Å². The van der Waals surface area contributed by atoms with E-state index < -0.39 is 0 Å². The highest BCUT2D eigenvalue weighted by Gasteiger charge is 2.14. The molecular weight excluding hydrogens is 282 g/mol. The fraction of sp³-hybridized carbons (Fsp3) is 0.476. The van der Waals surface area contributed by atoms with Gasteiger partial charge in [-0.2, -0.15) is 0 Å². The molecule has 1 aliphatic rings. The number of hydrogen-bond acceptors (Lipinski definition) is 2. The van der Waals surface area contributed by atoms with E-state index in [1.807, 2.05) is 12.3 Å². The highest BCUT2D eigenvalue weighted by atomic mass is 16.5. The van der Waals surface area contributed by atoms with E-state index in [0.717, 1.165) is 12.2 Å². The van der Waals surface area contributed by atoms with Crippen LogP contribution in [0.15, 0.2) is 42.6 Å². The van der Waals surface area contributed by atoms with E-state index in [2.05, 4.69) is 42.2 Å². The lowest BCUT2D eigenvalue weighted by atomic mass is 9.97. The van der Waals surface area contributed by atoms with Crippen LogP contribution in [0.3, 0.4) is 0 Å². The number of aromatic nitrogens is 1. The first-order valence-corrected chi connectivity index (χ1v) is 9.08. The molecule has 1 aliphatic carbocycles. The summed E-state index contributed by atoms with van der Waals surface area (Å²) in [5, 5.41) is 0. The lowest BCUT2D eigenvalue weighted by Gasteiger charge is -2.23. The Morgan fingerprint density at radius 2 is 1.83 bits per heavy atom. The Kier molecular flexibility index (Phi) is 5.68. The van der Waals surface area contributed by atoms with Crippen LogP contribution in [-0.2, 0) is 6.42 Å². The Bertz CT molecular complexity index is 599. The molecule has 0 saturated heterocycles. The highest BCUT2D eigenvalue weighted by molar-refractivity contribution is 5.66. The molecule has 1 fully saturated rings. The number of rotatable bonds is 6. The summed E-state index contributed by atoms with van der Waals surface area (Å²) in [5.74, 6) is 1.000. The van der Waals surface area contributed by atoms with Crippen molar-refractivity contribution >= 4 is 0 Å². The molecule has 2 aromatic rings. The van der Waals surface area contributed by atoms with Crippen molar-refractivity contribution < 1.29 is 4.74 Å². The number of aryl methyl sites for hydroxylation is 1. The predicted octanol–water partition coefficient (Wildman–Crippen LogP) is 5.80. The minimum Gasteiger partial charge on any atom is -0.490 e. The molecule has 0 N–H and O–H groups in total. The van der Waals surface area contributed by atoms with Gasteiger partial charge in [-0.1, -0.05) is 38.0 Å². The average molecular weight is 309 g/mol. The van der Waals surface area contributed by atoms with Crippen molar-refractivity contribution in [1.29, 1.82) is 0 Å². The minimum absolute atomic E-state index is 0.410. The van der Waals surface area contributed by atoms with Crippen LogP contribution < -0.4 is 4.74 Å². The summed E-state index contributed by atoms with van der Waals surface area (Å²) >= 11 is 0. The van der Waals surface area contributed by atoms with Crippen LogP contribution in [0.1, 0.15) is 57.6 Å². The first-order valence-electron chi connectivity index (χ1n) is 9.08. The van der Waals surface area contributed by atoms with Gasteiger partial charge in [0.25, 0.3) is 0 Å². The SMILES string of the molecule is CCCCc1ncccc1-c1ccc(OC2CCCCC2)cc1. The highest BCUT2D eigenvalue weighted by Crippen LogP contribution is 2.28. The van der Waals surface area contributed by atoms with Crippen molar-refractivity contribution in [3.63, 3.8) is 0 Å². The van der Waals surface area contributed by atoms with E-state index in [1.54, 1.807) is 0 Å². The molecule has 2 nitrogen and oxygen atoms in total. The quantitative estimate of drug-likeness (QED) is 0.672. The molecular formula is C21H27NO. The maximum atomic E-state index is 6.13. The molecule has 122 valence electrons. The number of pyridine rings is 1. The second-order valence-corrected chi connectivity index (χ2v) is 6.50. The Morgan fingerprint density at radius 1 is 1.04 bits per heavy atom.